The fourth-order valence-electron chi connectivity index (χ4n) is 2.70. The van der Waals surface area contributed by atoms with Crippen molar-refractivity contribution in [3.8, 4) is 11.4 Å². The highest BCUT2D eigenvalue weighted by Crippen LogP contribution is 2.23. The van der Waals surface area contributed by atoms with Crippen molar-refractivity contribution < 1.29 is 9.13 Å². The van der Waals surface area contributed by atoms with Gasteiger partial charge in [-0.1, -0.05) is 30.0 Å². The molecular weight excluding hydrogens is 367 g/mol. The number of fused-ring (bicyclic) bond motifs is 1. The molecule has 0 aliphatic rings. The van der Waals surface area contributed by atoms with Crippen LogP contribution < -0.4 is 10.3 Å². The number of ether oxygens (including phenoxy) is 1. The Labute approximate surface area is 158 Å². The van der Waals surface area contributed by atoms with E-state index >= 15 is 0 Å². The fourth-order valence-corrected chi connectivity index (χ4v) is 3.56. The van der Waals surface area contributed by atoms with E-state index in [-0.39, 0.29) is 11.2 Å². The molecule has 4 rings (SSSR count). The zero-order valence-electron chi connectivity index (χ0n) is 14.4. The van der Waals surface area contributed by atoms with Crippen LogP contribution in [0.1, 0.15) is 5.56 Å². The van der Waals surface area contributed by atoms with Gasteiger partial charge in [-0.3, -0.25) is 13.8 Å². The summed E-state index contributed by atoms with van der Waals surface area (Å²) in [4.78, 5) is 12.7. The van der Waals surface area contributed by atoms with E-state index in [1.165, 1.54) is 28.5 Å². The summed E-state index contributed by atoms with van der Waals surface area (Å²) >= 11 is 1.47. The Morgan fingerprint density at radius 1 is 1.11 bits per heavy atom. The number of aromatic nitrogens is 4. The van der Waals surface area contributed by atoms with E-state index in [9.17, 15) is 9.18 Å². The highest BCUT2D eigenvalue weighted by atomic mass is 32.2. The molecule has 0 radical (unpaired) electrons. The van der Waals surface area contributed by atoms with Crippen molar-refractivity contribution in [1.82, 2.24) is 19.2 Å². The molecule has 0 N–H and O–H groups in total. The fraction of sp³-hybridized carbons (Fsp3) is 0.105. The van der Waals surface area contributed by atoms with Crippen LogP contribution in [0.15, 0.2) is 70.9 Å². The van der Waals surface area contributed by atoms with E-state index in [1.54, 1.807) is 36.0 Å². The number of hydrogen-bond acceptors (Lipinski definition) is 5. The second kappa shape index (κ2) is 7.24. The van der Waals surface area contributed by atoms with E-state index in [2.05, 4.69) is 10.2 Å². The molecule has 0 saturated carbocycles. The molecule has 2 aromatic heterocycles. The molecule has 0 unspecified atom stereocenters. The summed E-state index contributed by atoms with van der Waals surface area (Å²) in [6, 6.07) is 13.6. The minimum Gasteiger partial charge on any atom is -0.497 e. The number of halogens is 1. The molecule has 0 fully saturated rings. The molecule has 0 saturated heterocycles. The van der Waals surface area contributed by atoms with Crippen molar-refractivity contribution in [2.75, 3.05) is 7.11 Å². The van der Waals surface area contributed by atoms with Crippen LogP contribution in [-0.2, 0) is 5.75 Å². The lowest BCUT2D eigenvalue weighted by atomic mass is 10.2. The number of hydrogen-bond donors (Lipinski definition) is 0. The van der Waals surface area contributed by atoms with E-state index < -0.39 is 5.82 Å². The number of nitrogens with zero attached hydrogens (tertiary/aromatic N) is 4. The van der Waals surface area contributed by atoms with Crippen LogP contribution >= 0.6 is 11.8 Å². The van der Waals surface area contributed by atoms with Gasteiger partial charge >= 0.3 is 5.56 Å². The lowest BCUT2D eigenvalue weighted by Crippen LogP contribution is -2.20. The lowest BCUT2D eigenvalue weighted by molar-refractivity contribution is 0.414. The van der Waals surface area contributed by atoms with Gasteiger partial charge < -0.3 is 4.74 Å². The summed E-state index contributed by atoms with van der Waals surface area (Å²) in [6.45, 7) is 0. The van der Waals surface area contributed by atoms with E-state index in [4.69, 9.17) is 4.74 Å². The van der Waals surface area contributed by atoms with E-state index in [1.807, 2.05) is 24.3 Å². The smallest absolute Gasteiger partial charge is 0.300 e. The number of rotatable bonds is 5. The summed E-state index contributed by atoms with van der Waals surface area (Å²) in [5.41, 5.74) is 1.35. The molecule has 0 aliphatic heterocycles. The van der Waals surface area contributed by atoms with Crippen molar-refractivity contribution in [1.29, 1.82) is 0 Å². The van der Waals surface area contributed by atoms with Gasteiger partial charge in [0.2, 0.25) is 5.65 Å². The molecule has 27 heavy (non-hydrogen) atoms. The Morgan fingerprint density at radius 2 is 1.96 bits per heavy atom. The third-order valence-corrected chi connectivity index (χ3v) is 5.04. The quantitative estimate of drug-likeness (QED) is 0.496. The zero-order chi connectivity index (χ0) is 18.8. The Morgan fingerprint density at radius 3 is 2.78 bits per heavy atom. The normalized spacial score (nSPS) is 11.0. The highest BCUT2D eigenvalue weighted by molar-refractivity contribution is 7.98. The Hall–Kier alpha value is -3.13. The molecule has 0 atom stereocenters. The lowest BCUT2D eigenvalue weighted by Gasteiger charge is -2.07. The van der Waals surface area contributed by atoms with E-state index in [0.717, 1.165) is 11.3 Å². The van der Waals surface area contributed by atoms with Gasteiger partial charge in [-0.25, -0.2) is 4.39 Å². The van der Waals surface area contributed by atoms with Crippen molar-refractivity contribution in [3.63, 3.8) is 0 Å². The SMILES string of the molecule is COc1cccc(CSc2nnc3c(=O)n(-c4cccc(F)c4)ccn23)c1. The molecule has 0 amide bonds. The maximum absolute atomic E-state index is 13.5. The van der Waals surface area contributed by atoms with Gasteiger partial charge in [0.15, 0.2) is 5.16 Å². The number of methoxy groups -OCH3 is 1. The minimum atomic E-state index is -0.407. The molecule has 4 aromatic rings. The maximum Gasteiger partial charge on any atom is 0.300 e. The van der Waals surface area contributed by atoms with Crippen LogP contribution in [-0.4, -0.2) is 26.3 Å². The largest absolute Gasteiger partial charge is 0.497 e. The molecule has 2 heterocycles. The van der Waals surface area contributed by atoms with Gasteiger partial charge in [-0.05, 0) is 35.9 Å². The molecule has 2 aromatic carbocycles. The zero-order valence-corrected chi connectivity index (χ0v) is 15.2. The summed E-state index contributed by atoms with van der Waals surface area (Å²) in [5, 5.41) is 8.74. The topological polar surface area (TPSA) is 61.4 Å². The van der Waals surface area contributed by atoms with Gasteiger partial charge in [0.25, 0.3) is 0 Å². The summed E-state index contributed by atoms with van der Waals surface area (Å²) in [5.74, 6) is 1.04. The highest BCUT2D eigenvalue weighted by Gasteiger charge is 2.12. The molecule has 0 spiro atoms. The number of benzene rings is 2. The first kappa shape index (κ1) is 17.3. The second-order valence-corrected chi connectivity index (χ2v) is 6.71. The third kappa shape index (κ3) is 3.43. The van der Waals surface area contributed by atoms with Gasteiger partial charge in [-0.15, -0.1) is 10.2 Å². The van der Waals surface area contributed by atoms with Gasteiger partial charge in [0, 0.05) is 18.1 Å². The standard InChI is InChI=1S/C19H15FN4O2S/c1-26-16-7-2-4-13(10-16)12-27-19-22-21-17-18(25)23(8-9-24(17)19)15-6-3-5-14(20)11-15/h2-11H,12H2,1H3. The van der Waals surface area contributed by atoms with Gasteiger partial charge in [-0.2, -0.15) is 0 Å². The predicted molar refractivity (Wildman–Crippen MR) is 101 cm³/mol. The first-order valence-corrected chi connectivity index (χ1v) is 9.12. The molecule has 0 bridgehead atoms. The van der Waals surface area contributed by atoms with Crippen molar-refractivity contribution >= 4 is 17.4 Å². The first-order valence-electron chi connectivity index (χ1n) is 8.14. The minimum absolute atomic E-state index is 0.190. The van der Waals surface area contributed by atoms with Crippen molar-refractivity contribution in [2.24, 2.45) is 0 Å². The van der Waals surface area contributed by atoms with Gasteiger partial charge in [0.05, 0.1) is 12.8 Å². The van der Waals surface area contributed by atoms with Gasteiger partial charge in [0.1, 0.15) is 11.6 Å². The van der Waals surface area contributed by atoms with Crippen LogP contribution in [0, 0.1) is 5.82 Å². The van der Waals surface area contributed by atoms with Crippen LogP contribution in [0.3, 0.4) is 0 Å². The summed E-state index contributed by atoms with van der Waals surface area (Å²) in [7, 11) is 1.63. The molecule has 6 nitrogen and oxygen atoms in total. The van der Waals surface area contributed by atoms with Crippen LogP contribution in [0.2, 0.25) is 0 Å². The maximum atomic E-state index is 13.5. The predicted octanol–water partition coefficient (Wildman–Crippen LogP) is 3.32. The third-order valence-electron chi connectivity index (χ3n) is 4.03. The first-order chi connectivity index (χ1) is 13.2. The summed E-state index contributed by atoms with van der Waals surface area (Å²) in [6.07, 6.45) is 3.29. The average Bonchev–Trinajstić information content (AvgIpc) is 3.11. The van der Waals surface area contributed by atoms with Crippen LogP contribution in [0.4, 0.5) is 4.39 Å². The van der Waals surface area contributed by atoms with Crippen LogP contribution in [0.5, 0.6) is 5.75 Å². The van der Waals surface area contributed by atoms with Crippen molar-refractivity contribution in [2.45, 2.75) is 10.9 Å². The summed E-state index contributed by atoms with van der Waals surface area (Å²) < 4.78 is 21.7. The Bertz CT molecular complexity index is 1170. The molecular formula is C19H15FN4O2S. The molecule has 8 heteroatoms. The average molecular weight is 382 g/mol. The number of thioether (sulfide) groups is 1. The monoisotopic (exact) mass is 382 g/mol. The van der Waals surface area contributed by atoms with E-state index in [0.29, 0.717) is 16.6 Å². The molecule has 136 valence electrons. The van der Waals surface area contributed by atoms with Crippen molar-refractivity contribution in [3.05, 3.63) is 82.7 Å². The Balaban J connectivity index is 1.64. The van der Waals surface area contributed by atoms with Crippen LogP contribution in [0.25, 0.3) is 11.3 Å². The molecule has 0 aliphatic carbocycles. The second-order valence-electron chi connectivity index (χ2n) is 5.77. The Kier molecular flexibility index (Phi) is 4.64.